The zero-order valence-corrected chi connectivity index (χ0v) is 20.2. The van der Waals surface area contributed by atoms with E-state index >= 15 is 0 Å². The summed E-state index contributed by atoms with van der Waals surface area (Å²) in [4.78, 5) is 18.7. The fourth-order valence-corrected chi connectivity index (χ4v) is 4.96. The Balaban J connectivity index is 1.54. The first-order chi connectivity index (χ1) is 16.4. The van der Waals surface area contributed by atoms with Gasteiger partial charge in [0.1, 0.15) is 11.8 Å². The summed E-state index contributed by atoms with van der Waals surface area (Å²) >= 11 is 0. The number of imidazole rings is 1. The number of hydrogen-bond donors (Lipinski definition) is 1. The van der Waals surface area contributed by atoms with Crippen molar-refractivity contribution in [3.05, 3.63) is 60.0 Å². The number of likely N-dealkylation sites (N-methyl/N-ethyl adjacent to an activating group) is 1. The van der Waals surface area contributed by atoms with Crippen molar-refractivity contribution in [3.63, 3.8) is 0 Å². The van der Waals surface area contributed by atoms with E-state index in [1.807, 2.05) is 35.9 Å². The summed E-state index contributed by atoms with van der Waals surface area (Å²) in [5, 5.41) is 13.1. The van der Waals surface area contributed by atoms with Crippen molar-refractivity contribution in [1.82, 2.24) is 19.5 Å². The number of nitrogens with zero attached hydrogens (tertiary/aromatic N) is 7. The number of aryl methyl sites for hydroxylation is 1. The van der Waals surface area contributed by atoms with E-state index in [1.165, 1.54) is 0 Å². The average molecular weight is 455 g/mol. The second-order valence-corrected chi connectivity index (χ2v) is 9.56. The van der Waals surface area contributed by atoms with Crippen molar-refractivity contribution in [2.45, 2.75) is 46.1 Å². The maximum absolute atomic E-state index is 9.77. The second-order valence-electron chi connectivity index (χ2n) is 9.56. The van der Waals surface area contributed by atoms with E-state index in [1.54, 1.807) is 6.33 Å². The second kappa shape index (κ2) is 8.49. The molecule has 1 unspecified atom stereocenters. The summed E-state index contributed by atoms with van der Waals surface area (Å²) in [6.45, 7) is 11.7. The molecule has 3 aromatic rings. The van der Waals surface area contributed by atoms with Gasteiger partial charge in [-0.2, -0.15) is 10.2 Å². The van der Waals surface area contributed by atoms with Gasteiger partial charge in [0.05, 0.1) is 35.0 Å². The lowest BCUT2D eigenvalue weighted by molar-refractivity contribution is 0.627. The Morgan fingerprint density at radius 2 is 2.12 bits per heavy atom. The maximum atomic E-state index is 9.77. The number of aromatic nitrogens is 4. The van der Waals surface area contributed by atoms with Crippen molar-refractivity contribution >= 4 is 23.1 Å². The van der Waals surface area contributed by atoms with Gasteiger partial charge in [-0.05, 0) is 50.3 Å². The molecule has 1 N–H and O–H groups in total. The van der Waals surface area contributed by atoms with E-state index in [9.17, 15) is 5.26 Å². The number of rotatable bonds is 5. The van der Waals surface area contributed by atoms with Gasteiger partial charge in [-0.25, -0.2) is 9.97 Å². The lowest BCUT2D eigenvalue weighted by Crippen LogP contribution is -2.43. The van der Waals surface area contributed by atoms with Crippen LogP contribution in [0.15, 0.2) is 43.0 Å². The van der Waals surface area contributed by atoms with E-state index in [0.29, 0.717) is 17.4 Å². The third-order valence-electron chi connectivity index (χ3n) is 6.58. The molecule has 2 aromatic heterocycles. The highest BCUT2D eigenvalue weighted by atomic mass is 15.4. The molecule has 1 fully saturated rings. The topological polar surface area (TPSA) is 85.9 Å². The Labute approximate surface area is 200 Å². The molecule has 174 valence electrons. The Morgan fingerprint density at radius 1 is 1.29 bits per heavy atom. The van der Waals surface area contributed by atoms with Crippen LogP contribution in [0, 0.1) is 24.2 Å². The van der Waals surface area contributed by atoms with Crippen molar-refractivity contribution < 1.29 is 0 Å². The predicted octanol–water partition coefficient (Wildman–Crippen LogP) is 4.72. The zero-order valence-electron chi connectivity index (χ0n) is 20.2. The van der Waals surface area contributed by atoms with Crippen molar-refractivity contribution in [3.8, 4) is 11.8 Å². The van der Waals surface area contributed by atoms with E-state index in [2.05, 4.69) is 53.6 Å². The predicted molar refractivity (Wildman–Crippen MR) is 135 cm³/mol. The van der Waals surface area contributed by atoms with Crippen LogP contribution in [0.3, 0.4) is 0 Å². The van der Waals surface area contributed by atoms with E-state index in [0.717, 1.165) is 65.8 Å². The normalized spacial score (nSPS) is 17.1. The minimum atomic E-state index is 0.287. The van der Waals surface area contributed by atoms with Gasteiger partial charge in [-0.15, -0.1) is 0 Å². The Morgan fingerprint density at radius 3 is 2.82 bits per heavy atom. The number of fused-ring (bicyclic) bond motifs is 3. The molecule has 8 heteroatoms. The first-order valence-corrected chi connectivity index (χ1v) is 11.8. The standard InChI is InChI=1S/C26H30N8/c1-16(2)11-21-24-25(34-10-6-7-22(34)18(4)32(24)5)31-26(30-21)29-20-8-9-23(19(12-20)13-27)33-14-17(3)28-15-33/h8-9,12,14-16,22H,4,6-7,10-11H2,1-3,5H3,(H,29,30,31). The molecule has 1 aromatic carbocycles. The molecule has 0 amide bonds. The first-order valence-electron chi connectivity index (χ1n) is 11.8. The third kappa shape index (κ3) is 3.77. The fourth-order valence-electron chi connectivity index (χ4n) is 4.96. The van der Waals surface area contributed by atoms with E-state index in [-0.39, 0.29) is 6.04 Å². The quantitative estimate of drug-likeness (QED) is 0.597. The van der Waals surface area contributed by atoms with Gasteiger partial charge >= 0.3 is 0 Å². The average Bonchev–Trinajstić information content (AvgIpc) is 3.46. The molecule has 1 saturated heterocycles. The molecule has 0 aliphatic carbocycles. The number of hydrogen-bond acceptors (Lipinski definition) is 7. The van der Waals surface area contributed by atoms with Crippen LogP contribution in [-0.2, 0) is 6.42 Å². The molecule has 2 aliphatic rings. The van der Waals surface area contributed by atoms with Crippen molar-refractivity contribution in [2.24, 2.45) is 5.92 Å². The molecular weight excluding hydrogens is 424 g/mol. The van der Waals surface area contributed by atoms with Crippen molar-refractivity contribution in [1.29, 1.82) is 5.26 Å². The number of nitriles is 1. The smallest absolute Gasteiger partial charge is 0.229 e. The molecule has 1 atom stereocenters. The van der Waals surface area contributed by atoms with Gasteiger partial charge in [0, 0.05) is 31.2 Å². The Bertz CT molecular complexity index is 1300. The van der Waals surface area contributed by atoms with Crippen molar-refractivity contribution in [2.75, 3.05) is 28.7 Å². The highest BCUT2D eigenvalue weighted by Gasteiger charge is 2.38. The largest absolute Gasteiger partial charge is 0.346 e. The molecule has 8 nitrogen and oxygen atoms in total. The van der Waals surface area contributed by atoms with Gasteiger partial charge < -0.3 is 19.7 Å². The molecule has 0 saturated carbocycles. The Kier molecular flexibility index (Phi) is 5.48. The summed E-state index contributed by atoms with van der Waals surface area (Å²) < 4.78 is 1.87. The minimum absolute atomic E-state index is 0.287. The maximum Gasteiger partial charge on any atom is 0.229 e. The van der Waals surface area contributed by atoms with Crippen LogP contribution in [0.2, 0.25) is 0 Å². The highest BCUT2D eigenvalue weighted by Crippen LogP contribution is 2.44. The lowest BCUT2D eigenvalue weighted by atomic mass is 10.0. The molecule has 5 rings (SSSR count). The summed E-state index contributed by atoms with van der Waals surface area (Å²) in [6.07, 6.45) is 6.70. The number of nitrogens with one attached hydrogen (secondary N) is 1. The SMILES string of the molecule is C=C1C2CCCN2c2nc(Nc3ccc(-n4cnc(C)c4)c(C#N)c3)nc(CC(C)C)c2N1C. The van der Waals surface area contributed by atoms with Crippen LogP contribution >= 0.6 is 0 Å². The molecule has 2 aliphatic heterocycles. The molecule has 0 spiro atoms. The lowest BCUT2D eigenvalue weighted by Gasteiger charge is -2.41. The molecule has 0 bridgehead atoms. The van der Waals surface area contributed by atoms with Crippen LogP contribution in [0.25, 0.3) is 5.69 Å². The number of benzene rings is 1. The summed E-state index contributed by atoms with van der Waals surface area (Å²) in [5.74, 6) is 1.97. The van der Waals surface area contributed by atoms with Gasteiger partial charge in [0.25, 0.3) is 0 Å². The Hall–Kier alpha value is -3.86. The summed E-state index contributed by atoms with van der Waals surface area (Å²) in [5.41, 5.74) is 6.22. The monoisotopic (exact) mass is 454 g/mol. The molecule has 0 radical (unpaired) electrons. The van der Waals surface area contributed by atoms with Crippen LogP contribution in [0.1, 0.15) is 43.6 Å². The van der Waals surface area contributed by atoms with Crippen LogP contribution < -0.4 is 15.1 Å². The van der Waals surface area contributed by atoms with Gasteiger partial charge in [-0.3, -0.25) is 0 Å². The fraction of sp³-hybridized carbons (Fsp3) is 0.385. The zero-order chi connectivity index (χ0) is 24.0. The van der Waals surface area contributed by atoms with Crippen LogP contribution in [-0.4, -0.2) is 39.2 Å². The summed E-state index contributed by atoms with van der Waals surface area (Å²) in [7, 11) is 2.08. The van der Waals surface area contributed by atoms with Gasteiger partial charge in [-0.1, -0.05) is 20.4 Å². The third-order valence-corrected chi connectivity index (χ3v) is 6.58. The van der Waals surface area contributed by atoms with Crippen LogP contribution in [0.5, 0.6) is 0 Å². The highest BCUT2D eigenvalue weighted by molar-refractivity contribution is 5.78. The summed E-state index contributed by atoms with van der Waals surface area (Å²) in [6, 6.07) is 8.29. The molecule has 4 heterocycles. The van der Waals surface area contributed by atoms with E-state index in [4.69, 9.17) is 9.97 Å². The molecular formula is C26H30N8. The van der Waals surface area contributed by atoms with E-state index < -0.39 is 0 Å². The van der Waals surface area contributed by atoms with Crippen LogP contribution in [0.4, 0.5) is 23.1 Å². The first kappa shape index (κ1) is 22.0. The number of anilines is 4. The van der Waals surface area contributed by atoms with Gasteiger partial charge in [0.15, 0.2) is 5.82 Å². The minimum Gasteiger partial charge on any atom is -0.346 e. The van der Waals surface area contributed by atoms with Gasteiger partial charge in [0.2, 0.25) is 5.95 Å². The molecule has 34 heavy (non-hydrogen) atoms.